The average Bonchev–Trinajstić information content (AvgIpc) is 2.84. The molecule has 2 amide bonds. The van der Waals surface area contributed by atoms with Gasteiger partial charge in [-0.1, -0.05) is 70.9 Å². The van der Waals surface area contributed by atoms with Gasteiger partial charge in [0.05, 0.1) is 0 Å². The normalized spacial score (nSPS) is 13.8. The minimum absolute atomic E-state index is 0.129. The second-order valence-electron chi connectivity index (χ2n) is 8.40. The number of aliphatic hydroxyl groups is 2. The predicted octanol–water partition coefficient (Wildman–Crippen LogP) is 1.63. The van der Waals surface area contributed by atoms with E-state index >= 15 is 0 Å². The molecule has 4 atom stereocenters. The number of benzene rings is 1. The van der Waals surface area contributed by atoms with Crippen LogP contribution in [0.15, 0.2) is 30.3 Å². The molecule has 0 bridgehead atoms. The van der Waals surface area contributed by atoms with Crippen LogP contribution < -0.4 is 10.6 Å². The number of carboxylic acid groups (broad SMARTS) is 1. The molecule has 35 heavy (non-hydrogen) atoms. The molecule has 198 valence electrons. The predicted molar refractivity (Wildman–Crippen MR) is 130 cm³/mol. The molecule has 1 rings (SSSR count). The fourth-order valence-electron chi connectivity index (χ4n) is 3.06. The number of carbonyl (C=O) groups excluding carboxylic acids is 3. The molecule has 0 saturated carbocycles. The van der Waals surface area contributed by atoms with Gasteiger partial charge in [-0.3, -0.25) is 19.2 Å². The first-order valence-electron chi connectivity index (χ1n) is 11.9. The van der Waals surface area contributed by atoms with Gasteiger partial charge in [-0.05, 0) is 30.2 Å². The van der Waals surface area contributed by atoms with Gasteiger partial charge >= 0.3 is 11.9 Å². The summed E-state index contributed by atoms with van der Waals surface area (Å²) in [4.78, 5) is 44.5. The van der Waals surface area contributed by atoms with Crippen molar-refractivity contribution in [1.29, 1.82) is 0 Å². The van der Waals surface area contributed by atoms with Crippen molar-refractivity contribution in [2.24, 2.45) is 11.8 Å². The van der Waals surface area contributed by atoms with Crippen LogP contribution in [0.25, 0.3) is 0 Å². The highest BCUT2D eigenvalue weighted by Gasteiger charge is 2.22. The molecule has 0 radical (unpaired) electrons. The van der Waals surface area contributed by atoms with E-state index in [9.17, 15) is 29.4 Å². The molecule has 4 unspecified atom stereocenters. The van der Waals surface area contributed by atoms with E-state index in [-0.39, 0.29) is 25.0 Å². The van der Waals surface area contributed by atoms with Crippen LogP contribution in [0.4, 0.5) is 0 Å². The summed E-state index contributed by atoms with van der Waals surface area (Å²) < 4.78 is 5.03. The topological polar surface area (TPSA) is 162 Å². The minimum Gasteiger partial charge on any atom is -0.480 e. The highest BCUT2D eigenvalue weighted by molar-refractivity contribution is 5.85. The fraction of sp³-hybridized carbons (Fsp3) is 0.600. The number of ether oxygens (including phenoxy) is 1. The van der Waals surface area contributed by atoms with E-state index < -0.39 is 42.5 Å². The maximum absolute atomic E-state index is 11.7. The van der Waals surface area contributed by atoms with Crippen LogP contribution in [-0.4, -0.2) is 64.4 Å². The Kier molecular flexibility index (Phi) is 16.8. The van der Waals surface area contributed by atoms with Crippen LogP contribution in [0.2, 0.25) is 0 Å². The number of aliphatic carboxylic acids is 1. The Hall–Kier alpha value is -2.98. The van der Waals surface area contributed by atoms with Crippen LogP contribution in [0, 0.1) is 11.8 Å². The number of carbonyl (C=O) groups is 4. The summed E-state index contributed by atoms with van der Waals surface area (Å²) in [6.45, 7) is 7.00. The zero-order chi connectivity index (χ0) is 26.8. The molecule has 1 aromatic carbocycles. The van der Waals surface area contributed by atoms with Crippen LogP contribution in [0.3, 0.4) is 0 Å². The molecule has 10 nitrogen and oxygen atoms in total. The maximum atomic E-state index is 11.7. The Balaban J connectivity index is 0.000000720. The molecule has 0 fully saturated rings. The molecule has 1 aromatic rings. The van der Waals surface area contributed by atoms with Crippen LogP contribution in [0.5, 0.6) is 0 Å². The summed E-state index contributed by atoms with van der Waals surface area (Å²) in [6, 6.07) is 9.29. The summed E-state index contributed by atoms with van der Waals surface area (Å²) in [5.41, 5.74) is 0.883. The van der Waals surface area contributed by atoms with Gasteiger partial charge in [-0.15, -0.1) is 0 Å². The van der Waals surface area contributed by atoms with Crippen molar-refractivity contribution in [1.82, 2.24) is 10.6 Å². The van der Waals surface area contributed by atoms with Crippen molar-refractivity contribution < 1.29 is 39.2 Å². The van der Waals surface area contributed by atoms with Gasteiger partial charge in [-0.25, -0.2) is 0 Å². The number of amides is 2. The summed E-state index contributed by atoms with van der Waals surface area (Å²) >= 11 is 0. The third-order valence-corrected chi connectivity index (χ3v) is 5.17. The van der Waals surface area contributed by atoms with Gasteiger partial charge in [0.1, 0.15) is 31.9 Å². The van der Waals surface area contributed by atoms with E-state index in [1.165, 1.54) is 0 Å². The van der Waals surface area contributed by atoms with Gasteiger partial charge in [0.2, 0.25) is 11.8 Å². The van der Waals surface area contributed by atoms with E-state index in [0.29, 0.717) is 0 Å². The second kappa shape index (κ2) is 18.4. The first kappa shape index (κ1) is 32.0. The molecule has 10 heteroatoms. The highest BCUT2D eigenvalue weighted by atomic mass is 16.5. The molecule has 0 aliphatic rings. The minimum atomic E-state index is -1.12. The van der Waals surface area contributed by atoms with Crippen molar-refractivity contribution >= 4 is 23.8 Å². The number of nitrogens with one attached hydrogen (secondary N) is 2. The Morgan fingerprint density at radius 1 is 0.829 bits per heavy atom. The van der Waals surface area contributed by atoms with Gasteiger partial charge < -0.3 is 30.7 Å². The molecule has 0 aliphatic heterocycles. The Bertz CT molecular complexity index is 772. The van der Waals surface area contributed by atoms with Gasteiger partial charge in [0.25, 0.3) is 0 Å². The SMILES string of the molecule is CCCC(C)C(O)C(=O)NCC(=O)O.CCCC(C)C(O)C(=O)NCC(=O)OCc1ccccc1. The zero-order valence-electron chi connectivity index (χ0n) is 21.0. The van der Waals surface area contributed by atoms with E-state index in [1.54, 1.807) is 6.92 Å². The molecular formula is C25H40N2O8. The van der Waals surface area contributed by atoms with E-state index in [0.717, 1.165) is 31.2 Å². The Morgan fingerprint density at radius 2 is 1.29 bits per heavy atom. The third kappa shape index (κ3) is 14.8. The standard InChI is InChI=1S/C16H23NO4.C9H17NO4/c1-3-7-12(2)15(19)16(20)17-10-14(18)21-11-13-8-5-4-6-9-13;1-3-4-6(2)8(13)9(14)10-5-7(11)12/h4-6,8-9,12,15,19H,3,7,10-11H2,1-2H3,(H,17,20);6,8,13H,3-5H2,1-2H3,(H,10,14)(H,11,12). The second-order valence-corrected chi connectivity index (χ2v) is 8.40. The first-order chi connectivity index (χ1) is 16.5. The van der Waals surface area contributed by atoms with Crippen molar-refractivity contribution in [2.45, 2.75) is 72.2 Å². The number of rotatable bonds is 14. The summed E-state index contributed by atoms with van der Waals surface area (Å²) in [7, 11) is 0. The third-order valence-electron chi connectivity index (χ3n) is 5.17. The van der Waals surface area contributed by atoms with Crippen molar-refractivity contribution in [3.8, 4) is 0 Å². The zero-order valence-corrected chi connectivity index (χ0v) is 21.0. The van der Waals surface area contributed by atoms with E-state index in [4.69, 9.17) is 9.84 Å². The van der Waals surface area contributed by atoms with Gasteiger partial charge in [0.15, 0.2) is 0 Å². The monoisotopic (exact) mass is 496 g/mol. The largest absolute Gasteiger partial charge is 0.480 e. The lowest BCUT2D eigenvalue weighted by atomic mass is 9.99. The number of hydrogen-bond donors (Lipinski definition) is 5. The number of esters is 1. The number of aliphatic hydroxyl groups excluding tert-OH is 2. The quantitative estimate of drug-likeness (QED) is 0.243. The van der Waals surface area contributed by atoms with Crippen molar-refractivity contribution in [2.75, 3.05) is 13.1 Å². The Labute approximate surface area is 207 Å². The Morgan fingerprint density at radius 3 is 1.71 bits per heavy atom. The van der Waals surface area contributed by atoms with Crippen molar-refractivity contribution in [3.63, 3.8) is 0 Å². The van der Waals surface area contributed by atoms with E-state index in [1.807, 2.05) is 51.1 Å². The van der Waals surface area contributed by atoms with Crippen LogP contribution in [-0.2, 0) is 30.5 Å². The number of carboxylic acids is 1. The summed E-state index contributed by atoms with van der Waals surface area (Å²) in [5, 5.41) is 32.0. The molecule has 0 heterocycles. The fourth-order valence-corrected chi connectivity index (χ4v) is 3.06. The molecule has 5 N–H and O–H groups in total. The van der Waals surface area contributed by atoms with Gasteiger partial charge in [0, 0.05) is 0 Å². The van der Waals surface area contributed by atoms with Crippen LogP contribution in [0.1, 0.15) is 58.9 Å². The molecule has 0 aromatic heterocycles. The lowest BCUT2D eigenvalue weighted by Gasteiger charge is -2.17. The van der Waals surface area contributed by atoms with Crippen molar-refractivity contribution in [3.05, 3.63) is 35.9 Å². The van der Waals surface area contributed by atoms with E-state index in [2.05, 4.69) is 10.6 Å². The molecule has 0 spiro atoms. The first-order valence-corrected chi connectivity index (χ1v) is 11.9. The highest BCUT2D eigenvalue weighted by Crippen LogP contribution is 2.11. The lowest BCUT2D eigenvalue weighted by Crippen LogP contribution is -2.41. The maximum Gasteiger partial charge on any atom is 0.325 e. The molecule has 0 aliphatic carbocycles. The number of hydrogen-bond acceptors (Lipinski definition) is 7. The molecular weight excluding hydrogens is 456 g/mol. The molecule has 0 saturated heterocycles. The average molecular weight is 497 g/mol. The van der Waals surface area contributed by atoms with Crippen LogP contribution >= 0.6 is 0 Å². The lowest BCUT2D eigenvalue weighted by molar-refractivity contribution is -0.146. The summed E-state index contributed by atoms with van der Waals surface area (Å²) in [5.74, 6) is -3.07. The summed E-state index contributed by atoms with van der Waals surface area (Å²) in [6.07, 6.45) is 1.06. The van der Waals surface area contributed by atoms with Gasteiger partial charge in [-0.2, -0.15) is 0 Å². The smallest absolute Gasteiger partial charge is 0.325 e.